The topological polar surface area (TPSA) is 113 Å². The van der Waals surface area contributed by atoms with E-state index in [0.717, 1.165) is 6.42 Å². The predicted molar refractivity (Wildman–Crippen MR) is 63.7 cm³/mol. The van der Waals surface area contributed by atoms with Crippen LogP contribution in [-0.4, -0.2) is 47.0 Å². The number of hydrogen-bond donors (Lipinski definition) is 3. The molecule has 0 aromatic carbocycles. The standard InChI is InChI=1S/C11H19N3O4/c1-7-4-5-14(6-7)11(18)13-8(10(16)17)2-3-9(12)15/h7-8H,2-6H2,1H3,(H2,12,15)(H,13,18)(H,16,17)/t7?,8-/m0/s1. The molecule has 7 nitrogen and oxygen atoms in total. The number of rotatable bonds is 5. The van der Waals surface area contributed by atoms with Gasteiger partial charge < -0.3 is 21.1 Å². The molecular weight excluding hydrogens is 238 g/mol. The number of hydrogen-bond acceptors (Lipinski definition) is 3. The summed E-state index contributed by atoms with van der Waals surface area (Å²) in [5.41, 5.74) is 4.96. The summed E-state index contributed by atoms with van der Waals surface area (Å²) in [5.74, 6) is -1.30. The molecule has 1 fully saturated rings. The van der Waals surface area contributed by atoms with Crippen LogP contribution in [0, 0.1) is 5.92 Å². The van der Waals surface area contributed by atoms with Crippen molar-refractivity contribution in [3.8, 4) is 0 Å². The van der Waals surface area contributed by atoms with Gasteiger partial charge in [0.2, 0.25) is 5.91 Å². The number of nitrogens with one attached hydrogen (secondary N) is 1. The Morgan fingerprint density at radius 1 is 1.50 bits per heavy atom. The van der Waals surface area contributed by atoms with Crippen LogP contribution in [0.5, 0.6) is 0 Å². The molecule has 0 spiro atoms. The molecule has 0 bridgehead atoms. The zero-order valence-corrected chi connectivity index (χ0v) is 10.4. The van der Waals surface area contributed by atoms with Crippen LogP contribution in [-0.2, 0) is 9.59 Å². The number of carboxylic acid groups (broad SMARTS) is 1. The lowest BCUT2D eigenvalue weighted by atomic mass is 10.1. The van der Waals surface area contributed by atoms with Gasteiger partial charge in [0.1, 0.15) is 6.04 Å². The van der Waals surface area contributed by atoms with E-state index >= 15 is 0 Å². The fourth-order valence-electron chi connectivity index (χ4n) is 1.90. The molecule has 2 atom stereocenters. The van der Waals surface area contributed by atoms with E-state index in [1.807, 2.05) is 6.92 Å². The fourth-order valence-corrected chi connectivity index (χ4v) is 1.90. The lowest BCUT2D eigenvalue weighted by Crippen LogP contribution is -2.47. The number of carbonyl (C=O) groups is 3. The molecule has 1 rings (SSSR count). The summed E-state index contributed by atoms with van der Waals surface area (Å²) in [6, 6.07) is -1.46. The van der Waals surface area contributed by atoms with Crippen LogP contribution in [0.15, 0.2) is 0 Å². The first-order valence-corrected chi connectivity index (χ1v) is 5.96. The minimum Gasteiger partial charge on any atom is -0.480 e. The number of carboxylic acids is 1. The quantitative estimate of drug-likeness (QED) is 0.630. The van der Waals surface area contributed by atoms with Gasteiger partial charge in [-0.05, 0) is 18.8 Å². The highest BCUT2D eigenvalue weighted by molar-refractivity contribution is 5.83. The fraction of sp³-hybridized carbons (Fsp3) is 0.727. The van der Waals surface area contributed by atoms with Gasteiger partial charge in [-0.15, -0.1) is 0 Å². The highest BCUT2D eigenvalue weighted by Crippen LogP contribution is 2.15. The van der Waals surface area contributed by atoms with E-state index in [9.17, 15) is 14.4 Å². The van der Waals surface area contributed by atoms with Gasteiger partial charge >= 0.3 is 12.0 Å². The zero-order valence-electron chi connectivity index (χ0n) is 10.4. The van der Waals surface area contributed by atoms with Crippen molar-refractivity contribution in [3.63, 3.8) is 0 Å². The lowest BCUT2D eigenvalue weighted by molar-refractivity contribution is -0.139. The van der Waals surface area contributed by atoms with E-state index in [-0.39, 0.29) is 12.8 Å². The van der Waals surface area contributed by atoms with Crippen molar-refractivity contribution in [2.45, 2.75) is 32.2 Å². The van der Waals surface area contributed by atoms with Gasteiger partial charge in [0, 0.05) is 19.5 Å². The Hall–Kier alpha value is -1.79. The molecule has 7 heteroatoms. The van der Waals surface area contributed by atoms with Crippen LogP contribution in [0.3, 0.4) is 0 Å². The first-order chi connectivity index (χ1) is 8.40. The first kappa shape index (κ1) is 14.3. The van der Waals surface area contributed by atoms with Crippen LogP contribution in [0.1, 0.15) is 26.2 Å². The van der Waals surface area contributed by atoms with Crippen LogP contribution in [0.2, 0.25) is 0 Å². The Kier molecular flexibility index (Phi) is 4.94. The first-order valence-electron chi connectivity index (χ1n) is 5.96. The molecule has 1 aliphatic rings. The third-order valence-corrected chi connectivity index (χ3v) is 2.99. The maximum Gasteiger partial charge on any atom is 0.326 e. The molecule has 1 aliphatic heterocycles. The number of carbonyl (C=O) groups excluding carboxylic acids is 2. The van der Waals surface area contributed by atoms with E-state index in [0.29, 0.717) is 19.0 Å². The van der Waals surface area contributed by atoms with Crippen molar-refractivity contribution in [1.29, 1.82) is 0 Å². The summed E-state index contributed by atoms with van der Waals surface area (Å²) in [6.07, 6.45) is 0.875. The van der Waals surface area contributed by atoms with Crippen molar-refractivity contribution in [2.24, 2.45) is 11.7 Å². The molecular formula is C11H19N3O4. The number of aliphatic carboxylic acids is 1. The van der Waals surface area contributed by atoms with E-state index < -0.39 is 23.9 Å². The SMILES string of the molecule is CC1CCN(C(=O)N[C@@H](CCC(N)=O)C(=O)O)C1. The molecule has 0 aromatic heterocycles. The van der Waals surface area contributed by atoms with Crippen molar-refractivity contribution in [3.05, 3.63) is 0 Å². The number of urea groups is 1. The van der Waals surface area contributed by atoms with Crippen molar-refractivity contribution >= 4 is 17.9 Å². The molecule has 0 saturated carbocycles. The van der Waals surface area contributed by atoms with Gasteiger partial charge in [0.15, 0.2) is 0 Å². The molecule has 1 saturated heterocycles. The van der Waals surface area contributed by atoms with Gasteiger partial charge in [-0.1, -0.05) is 6.92 Å². The molecule has 0 aliphatic carbocycles. The van der Waals surface area contributed by atoms with E-state index in [1.165, 1.54) is 0 Å². The van der Waals surface area contributed by atoms with Crippen LogP contribution < -0.4 is 11.1 Å². The number of primary amides is 1. The van der Waals surface area contributed by atoms with Crippen molar-refractivity contribution in [1.82, 2.24) is 10.2 Å². The molecule has 3 amide bonds. The van der Waals surface area contributed by atoms with Gasteiger partial charge in [0.05, 0.1) is 0 Å². The monoisotopic (exact) mass is 257 g/mol. The smallest absolute Gasteiger partial charge is 0.326 e. The summed E-state index contributed by atoms with van der Waals surface area (Å²) in [5, 5.41) is 11.4. The Balaban J connectivity index is 2.47. The molecule has 0 aromatic rings. The third kappa shape index (κ3) is 4.23. The van der Waals surface area contributed by atoms with E-state index in [4.69, 9.17) is 10.8 Å². The average Bonchev–Trinajstić information content (AvgIpc) is 2.70. The summed E-state index contributed by atoms with van der Waals surface area (Å²) in [7, 11) is 0. The van der Waals surface area contributed by atoms with Gasteiger partial charge in [-0.2, -0.15) is 0 Å². The lowest BCUT2D eigenvalue weighted by Gasteiger charge is -2.20. The normalized spacial score (nSPS) is 20.5. The van der Waals surface area contributed by atoms with E-state index in [1.54, 1.807) is 4.90 Å². The second kappa shape index (κ2) is 6.23. The van der Waals surface area contributed by atoms with Gasteiger partial charge in [-0.25, -0.2) is 9.59 Å². The summed E-state index contributed by atoms with van der Waals surface area (Å²) in [6.45, 7) is 3.30. The summed E-state index contributed by atoms with van der Waals surface area (Å²) < 4.78 is 0. The zero-order chi connectivity index (χ0) is 13.7. The third-order valence-electron chi connectivity index (χ3n) is 2.99. The largest absolute Gasteiger partial charge is 0.480 e. The Bertz CT molecular complexity index is 345. The Morgan fingerprint density at radius 3 is 2.61 bits per heavy atom. The highest BCUT2D eigenvalue weighted by atomic mass is 16.4. The average molecular weight is 257 g/mol. The maximum atomic E-state index is 11.8. The minimum absolute atomic E-state index is 0.0137. The number of nitrogens with zero attached hydrogens (tertiary/aromatic N) is 1. The summed E-state index contributed by atoms with van der Waals surface area (Å²) >= 11 is 0. The number of amides is 3. The number of likely N-dealkylation sites (tertiary alicyclic amines) is 1. The Morgan fingerprint density at radius 2 is 2.17 bits per heavy atom. The molecule has 102 valence electrons. The molecule has 1 heterocycles. The van der Waals surface area contributed by atoms with Gasteiger partial charge in [0.25, 0.3) is 0 Å². The van der Waals surface area contributed by atoms with Crippen molar-refractivity contribution in [2.75, 3.05) is 13.1 Å². The second-order valence-corrected chi connectivity index (χ2v) is 4.69. The highest BCUT2D eigenvalue weighted by Gasteiger charge is 2.27. The summed E-state index contributed by atoms with van der Waals surface area (Å²) in [4.78, 5) is 34.9. The van der Waals surface area contributed by atoms with Crippen molar-refractivity contribution < 1.29 is 19.5 Å². The predicted octanol–water partition coefficient (Wildman–Crippen LogP) is -0.243. The molecule has 18 heavy (non-hydrogen) atoms. The molecule has 1 unspecified atom stereocenters. The van der Waals surface area contributed by atoms with Crippen LogP contribution in [0.25, 0.3) is 0 Å². The van der Waals surface area contributed by atoms with Crippen LogP contribution in [0.4, 0.5) is 4.79 Å². The Labute approximate surface area is 105 Å². The van der Waals surface area contributed by atoms with E-state index in [2.05, 4.69) is 5.32 Å². The van der Waals surface area contributed by atoms with Gasteiger partial charge in [-0.3, -0.25) is 4.79 Å². The molecule has 4 N–H and O–H groups in total. The van der Waals surface area contributed by atoms with Crippen LogP contribution >= 0.6 is 0 Å². The second-order valence-electron chi connectivity index (χ2n) is 4.69. The maximum absolute atomic E-state index is 11.8. The molecule has 0 radical (unpaired) electrons. The minimum atomic E-state index is -1.16. The number of nitrogens with two attached hydrogens (primary N) is 1.